The van der Waals surface area contributed by atoms with Crippen LogP contribution in [0.1, 0.15) is 29.5 Å². The summed E-state index contributed by atoms with van der Waals surface area (Å²) < 4.78 is 0. The minimum absolute atomic E-state index is 0.00806. The van der Waals surface area contributed by atoms with Crippen LogP contribution in [0.15, 0.2) is 48.5 Å². The fourth-order valence-electron chi connectivity index (χ4n) is 3.53. The lowest BCUT2D eigenvalue weighted by molar-refractivity contribution is -0.123. The first kappa shape index (κ1) is 18.9. The average molecular weight is 372 g/mol. The summed E-state index contributed by atoms with van der Waals surface area (Å²) in [5.41, 5.74) is 9.19. The van der Waals surface area contributed by atoms with Gasteiger partial charge in [-0.3, -0.25) is 9.69 Å². The van der Waals surface area contributed by atoms with Gasteiger partial charge in [0.05, 0.1) is 5.92 Å². The number of piperidine rings is 1. The van der Waals surface area contributed by atoms with Gasteiger partial charge in [0.2, 0.25) is 5.91 Å². The van der Waals surface area contributed by atoms with Crippen LogP contribution in [0.2, 0.25) is 5.02 Å². The molecule has 1 atom stereocenters. The second kappa shape index (κ2) is 9.17. The molecular weight excluding hydrogens is 346 g/mol. The predicted molar refractivity (Wildman–Crippen MR) is 106 cm³/mol. The quantitative estimate of drug-likeness (QED) is 0.784. The van der Waals surface area contributed by atoms with Gasteiger partial charge in [0.1, 0.15) is 0 Å². The van der Waals surface area contributed by atoms with Crippen molar-refractivity contribution in [1.82, 2.24) is 10.2 Å². The molecule has 0 saturated carbocycles. The van der Waals surface area contributed by atoms with Crippen molar-refractivity contribution in [3.05, 3.63) is 70.2 Å². The van der Waals surface area contributed by atoms with Crippen LogP contribution >= 0.6 is 11.6 Å². The molecule has 5 heteroatoms. The van der Waals surface area contributed by atoms with Crippen molar-refractivity contribution in [2.75, 3.05) is 13.1 Å². The third kappa shape index (κ3) is 5.56. The number of nitrogens with zero attached hydrogens (tertiary/aromatic N) is 1. The van der Waals surface area contributed by atoms with Crippen LogP contribution in [0.5, 0.6) is 0 Å². The molecule has 1 aliphatic heterocycles. The lowest BCUT2D eigenvalue weighted by Crippen LogP contribution is -2.40. The molecular formula is C21H26ClN3O. The monoisotopic (exact) mass is 371 g/mol. The first-order valence-electron chi connectivity index (χ1n) is 9.15. The smallest absolute Gasteiger partial charge is 0.221 e. The average Bonchev–Trinajstić information content (AvgIpc) is 2.62. The van der Waals surface area contributed by atoms with Gasteiger partial charge in [-0.25, -0.2) is 0 Å². The van der Waals surface area contributed by atoms with E-state index in [4.69, 9.17) is 17.3 Å². The van der Waals surface area contributed by atoms with E-state index in [2.05, 4.69) is 40.5 Å². The molecule has 0 bridgehead atoms. The molecule has 0 radical (unpaired) electrons. The van der Waals surface area contributed by atoms with Gasteiger partial charge < -0.3 is 11.1 Å². The molecule has 0 aliphatic carbocycles. The van der Waals surface area contributed by atoms with E-state index in [1.807, 2.05) is 18.2 Å². The zero-order valence-corrected chi connectivity index (χ0v) is 15.7. The van der Waals surface area contributed by atoms with Gasteiger partial charge in [-0.05, 0) is 48.2 Å². The van der Waals surface area contributed by atoms with E-state index in [0.29, 0.717) is 0 Å². The standard InChI is InChI=1S/C21H26ClN3O/c22-20-8-2-5-17(11-20)13-24-12-16-4-1-6-18(10-16)14-25-9-3-7-19(15-25)21(23)26/h1-2,4-6,8,10-11,19,24H,3,7,9,12-15H2,(H2,23,26). The van der Waals surface area contributed by atoms with Crippen molar-refractivity contribution in [1.29, 1.82) is 0 Å². The lowest BCUT2D eigenvalue weighted by Gasteiger charge is -2.31. The first-order valence-corrected chi connectivity index (χ1v) is 9.52. The zero-order valence-electron chi connectivity index (χ0n) is 15.0. The summed E-state index contributed by atoms with van der Waals surface area (Å²) in [5, 5.41) is 4.23. The maximum atomic E-state index is 11.4. The molecule has 26 heavy (non-hydrogen) atoms. The third-order valence-corrected chi connectivity index (χ3v) is 5.09. The second-order valence-electron chi connectivity index (χ2n) is 7.03. The Morgan fingerprint density at radius 1 is 1.12 bits per heavy atom. The highest BCUT2D eigenvalue weighted by molar-refractivity contribution is 6.30. The van der Waals surface area contributed by atoms with E-state index in [1.54, 1.807) is 0 Å². The number of hydrogen-bond donors (Lipinski definition) is 2. The SMILES string of the molecule is NC(=O)C1CCCN(Cc2cccc(CNCc3cccc(Cl)c3)c2)C1. The number of carbonyl (C=O) groups is 1. The Morgan fingerprint density at radius 2 is 1.81 bits per heavy atom. The van der Waals surface area contributed by atoms with Crippen molar-refractivity contribution in [3.63, 3.8) is 0 Å². The molecule has 1 saturated heterocycles. The summed E-state index contributed by atoms with van der Waals surface area (Å²) >= 11 is 6.02. The molecule has 1 fully saturated rings. The number of primary amides is 1. The predicted octanol–water partition coefficient (Wildman–Crippen LogP) is 3.33. The van der Waals surface area contributed by atoms with Gasteiger partial charge in [-0.15, -0.1) is 0 Å². The number of amides is 1. The minimum atomic E-state index is -0.173. The summed E-state index contributed by atoms with van der Waals surface area (Å²) in [6.07, 6.45) is 1.95. The van der Waals surface area contributed by atoms with Gasteiger partial charge in [-0.2, -0.15) is 0 Å². The number of nitrogens with two attached hydrogens (primary N) is 1. The molecule has 1 unspecified atom stereocenters. The van der Waals surface area contributed by atoms with Crippen LogP contribution in [0.4, 0.5) is 0 Å². The largest absolute Gasteiger partial charge is 0.369 e. The number of hydrogen-bond acceptors (Lipinski definition) is 3. The zero-order chi connectivity index (χ0) is 18.4. The molecule has 3 rings (SSSR count). The number of rotatable bonds is 7. The number of benzene rings is 2. The van der Waals surface area contributed by atoms with E-state index in [9.17, 15) is 4.79 Å². The summed E-state index contributed by atoms with van der Waals surface area (Å²) in [5.74, 6) is -0.181. The molecule has 138 valence electrons. The lowest BCUT2D eigenvalue weighted by atomic mass is 9.97. The Morgan fingerprint density at radius 3 is 2.54 bits per heavy atom. The van der Waals surface area contributed by atoms with Gasteiger partial charge in [0, 0.05) is 31.2 Å². The summed E-state index contributed by atoms with van der Waals surface area (Å²) in [7, 11) is 0. The van der Waals surface area contributed by atoms with E-state index in [1.165, 1.54) is 16.7 Å². The summed E-state index contributed by atoms with van der Waals surface area (Å²) in [6, 6.07) is 16.5. The third-order valence-electron chi connectivity index (χ3n) is 4.85. The van der Waals surface area contributed by atoms with Crippen molar-refractivity contribution in [2.24, 2.45) is 11.7 Å². The topological polar surface area (TPSA) is 58.4 Å². The van der Waals surface area contributed by atoms with E-state index in [0.717, 1.165) is 50.6 Å². The summed E-state index contributed by atoms with van der Waals surface area (Å²) in [6.45, 7) is 4.26. The van der Waals surface area contributed by atoms with Crippen LogP contribution in [-0.2, 0) is 24.4 Å². The number of nitrogens with one attached hydrogen (secondary N) is 1. The van der Waals surface area contributed by atoms with E-state index >= 15 is 0 Å². The highest BCUT2D eigenvalue weighted by atomic mass is 35.5. The first-order chi connectivity index (χ1) is 12.6. The molecule has 4 nitrogen and oxygen atoms in total. The molecule has 3 N–H and O–H groups in total. The fraction of sp³-hybridized carbons (Fsp3) is 0.381. The minimum Gasteiger partial charge on any atom is -0.369 e. The van der Waals surface area contributed by atoms with Crippen LogP contribution in [-0.4, -0.2) is 23.9 Å². The van der Waals surface area contributed by atoms with Crippen molar-refractivity contribution < 1.29 is 4.79 Å². The Kier molecular flexibility index (Phi) is 6.67. The Labute approximate surface area is 160 Å². The van der Waals surface area contributed by atoms with Crippen molar-refractivity contribution >= 4 is 17.5 Å². The van der Waals surface area contributed by atoms with Gasteiger partial charge >= 0.3 is 0 Å². The van der Waals surface area contributed by atoms with Gasteiger partial charge in [-0.1, -0.05) is 48.0 Å². The molecule has 1 amide bonds. The summed E-state index contributed by atoms with van der Waals surface area (Å²) in [4.78, 5) is 13.8. The molecule has 2 aromatic carbocycles. The Hall–Kier alpha value is -1.88. The normalized spacial score (nSPS) is 18.0. The highest BCUT2D eigenvalue weighted by Gasteiger charge is 2.23. The van der Waals surface area contributed by atoms with E-state index in [-0.39, 0.29) is 11.8 Å². The molecule has 1 heterocycles. The van der Waals surface area contributed by atoms with Crippen LogP contribution in [0.25, 0.3) is 0 Å². The Balaban J connectivity index is 1.52. The highest BCUT2D eigenvalue weighted by Crippen LogP contribution is 2.19. The maximum absolute atomic E-state index is 11.4. The molecule has 2 aromatic rings. The maximum Gasteiger partial charge on any atom is 0.221 e. The van der Waals surface area contributed by atoms with Crippen molar-refractivity contribution in [2.45, 2.75) is 32.5 Å². The fourth-order valence-corrected chi connectivity index (χ4v) is 3.74. The van der Waals surface area contributed by atoms with Crippen LogP contribution < -0.4 is 11.1 Å². The molecule has 1 aliphatic rings. The second-order valence-corrected chi connectivity index (χ2v) is 7.47. The van der Waals surface area contributed by atoms with Gasteiger partial charge in [0.25, 0.3) is 0 Å². The van der Waals surface area contributed by atoms with Gasteiger partial charge in [0.15, 0.2) is 0 Å². The van der Waals surface area contributed by atoms with Crippen LogP contribution in [0.3, 0.4) is 0 Å². The van der Waals surface area contributed by atoms with Crippen LogP contribution in [0, 0.1) is 5.92 Å². The number of halogens is 1. The number of carbonyl (C=O) groups excluding carboxylic acids is 1. The Bertz CT molecular complexity index is 750. The number of likely N-dealkylation sites (tertiary alicyclic amines) is 1. The molecule has 0 aromatic heterocycles. The van der Waals surface area contributed by atoms with E-state index < -0.39 is 0 Å². The molecule has 0 spiro atoms. The van der Waals surface area contributed by atoms with Crippen molar-refractivity contribution in [3.8, 4) is 0 Å².